The molecule has 0 fully saturated rings. The number of nitrogens with zero attached hydrogens (tertiary/aromatic N) is 1. The molecule has 3 N–H and O–H groups in total. The van der Waals surface area contributed by atoms with Gasteiger partial charge in [-0.2, -0.15) is 0 Å². The van der Waals surface area contributed by atoms with Crippen LogP contribution in [0.15, 0.2) is 90.6 Å². The van der Waals surface area contributed by atoms with E-state index >= 15 is 0 Å². The second-order valence-electron chi connectivity index (χ2n) is 6.78. The van der Waals surface area contributed by atoms with Crippen LogP contribution < -0.4 is 5.32 Å². The van der Waals surface area contributed by atoms with Crippen molar-refractivity contribution in [3.8, 4) is 0 Å². The number of aromatic nitrogens is 2. The van der Waals surface area contributed by atoms with Crippen LogP contribution in [0.3, 0.4) is 0 Å². The number of fused-ring (bicyclic) bond motifs is 1. The van der Waals surface area contributed by atoms with Crippen LogP contribution in [-0.2, 0) is 6.42 Å². The van der Waals surface area contributed by atoms with Crippen LogP contribution in [0.5, 0.6) is 0 Å². The molecule has 144 valence electrons. The lowest BCUT2D eigenvalue weighted by Gasteiger charge is -2.11. The topological polar surface area (TPSA) is 64.6 Å². The smallest absolute Gasteiger partial charge is 0.205 e. The highest BCUT2D eigenvalue weighted by Crippen LogP contribution is 2.18. The van der Waals surface area contributed by atoms with Crippen LogP contribution in [0.1, 0.15) is 17.5 Å². The van der Waals surface area contributed by atoms with Gasteiger partial charge in [0.15, 0.2) is 0 Å². The Morgan fingerprint density at radius 2 is 1.69 bits per heavy atom. The molecule has 1 aromatic heterocycles. The van der Waals surface area contributed by atoms with E-state index in [1.54, 1.807) is 12.1 Å². The lowest BCUT2D eigenvalue weighted by molar-refractivity contribution is 0.628. The van der Waals surface area contributed by atoms with Gasteiger partial charge in [0.25, 0.3) is 0 Å². The number of nitrogens with one attached hydrogen (secondary N) is 3. The molecule has 0 saturated heterocycles. The fraction of sp³-hybridized carbons (Fsp3) is 0.0833. The van der Waals surface area contributed by atoms with Crippen molar-refractivity contribution in [1.82, 2.24) is 9.97 Å². The van der Waals surface area contributed by atoms with Crippen molar-refractivity contribution in [2.24, 2.45) is 0 Å². The first-order valence-electron chi connectivity index (χ1n) is 9.48. The predicted molar refractivity (Wildman–Crippen MR) is 116 cm³/mol. The molecule has 0 unspecified atom stereocenters. The molecule has 0 radical (unpaired) electrons. The van der Waals surface area contributed by atoms with Gasteiger partial charge in [-0.05, 0) is 65.9 Å². The number of H-pyrrole nitrogens is 1. The maximum absolute atomic E-state index is 13.3. The first-order valence-corrected chi connectivity index (χ1v) is 9.48. The van der Waals surface area contributed by atoms with E-state index in [0.29, 0.717) is 23.6 Å². The van der Waals surface area contributed by atoms with Crippen molar-refractivity contribution in [3.05, 3.63) is 108 Å². The minimum atomic E-state index is -0.309. The summed E-state index contributed by atoms with van der Waals surface area (Å²) in [5.74, 6) is 0.312. The van der Waals surface area contributed by atoms with Crippen molar-refractivity contribution < 1.29 is 4.39 Å². The minimum Gasteiger partial charge on any atom is -0.332 e. The molecule has 1 heterocycles. The van der Waals surface area contributed by atoms with Gasteiger partial charge in [0.2, 0.25) is 5.95 Å². The Hall–Kier alpha value is -3.73. The number of hydrogen-bond acceptors (Lipinski definition) is 3. The number of benzene rings is 3. The van der Waals surface area contributed by atoms with Crippen molar-refractivity contribution in [1.29, 1.82) is 5.41 Å². The summed E-state index contributed by atoms with van der Waals surface area (Å²) in [7, 11) is 0. The lowest BCUT2D eigenvalue weighted by Crippen LogP contribution is -2.08. The molecular formula is C24H21FN4. The maximum atomic E-state index is 13.3. The third-order valence-corrected chi connectivity index (χ3v) is 4.75. The maximum Gasteiger partial charge on any atom is 0.205 e. The van der Waals surface area contributed by atoms with Gasteiger partial charge in [0.05, 0.1) is 16.7 Å². The number of halogens is 1. The number of aryl methyl sites for hydroxylation is 1. The van der Waals surface area contributed by atoms with Gasteiger partial charge in [-0.1, -0.05) is 42.5 Å². The van der Waals surface area contributed by atoms with E-state index in [1.165, 1.54) is 17.7 Å². The van der Waals surface area contributed by atoms with E-state index in [9.17, 15) is 4.39 Å². The molecule has 0 amide bonds. The standard InChI is InChI=1S/C24H21FN4/c25-20-14-12-18(13-15-20)23(26)19(11-10-17-6-2-1-3-7-17)16-27-24-28-21-8-4-5-9-22(21)29-24/h1-9,12-16,26H,10-11H2,(H2,27,28,29)/b19-16-,26-23?. The summed E-state index contributed by atoms with van der Waals surface area (Å²) in [6.45, 7) is 0. The van der Waals surface area contributed by atoms with Gasteiger partial charge in [-0.3, -0.25) is 5.41 Å². The number of para-hydroxylation sites is 2. The molecule has 5 heteroatoms. The highest BCUT2D eigenvalue weighted by atomic mass is 19.1. The number of aromatic amines is 1. The number of rotatable bonds is 7. The largest absolute Gasteiger partial charge is 0.332 e. The summed E-state index contributed by atoms with van der Waals surface area (Å²) in [5, 5.41) is 11.8. The van der Waals surface area contributed by atoms with Gasteiger partial charge in [-0.15, -0.1) is 0 Å². The van der Waals surface area contributed by atoms with Crippen LogP contribution in [0.2, 0.25) is 0 Å². The summed E-state index contributed by atoms with van der Waals surface area (Å²) in [5.41, 5.74) is 4.89. The highest BCUT2D eigenvalue weighted by molar-refractivity contribution is 6.10. The predicted octanol–water partition coefficient (Wildman–Crippen LogP) is 5.70. The number of anilines is 1. The lowest BCUT2D eigenvalue weighted by atomic mass is 9.97. The monoisotopic (exact) mass is 384 g/mol. The normalized spacial score (nSPS) is 11.6. The molecule has 0 aliphatic carbocycles. The van der Waals surface area contributed by atoms with Crippen molar-refractivity contribution >= 4 is 22.7 Å². The Kier molecular flexibility index (Phi) is 5.47. The molecule has 3 aromatic carbocycles. The summed E-state index contributed by atoms with van der Waals surface area (Å²) < 4.78 is 13.3. The molecule has 0 aliphatic heterocycles. The number of hydrogen-bond donors (Lipinski definition) is 3. The van der Waals surface area contributed by atoms with Crippen LogP contribution in [0.4, 0.5) is 10.3 Å². The second kappa shape index (κ2) is 8.52. The fourth-order valence-electron chi connectivity index (χ4n) is 3.17. The average molecular weight is 384 g/mol. The minimum absolute atomic E-state index is 0.309. The summed E-state index contributed by atoms with van der Waals surface area (Å²) in [6, 6.07) is 24.0. The average Bonchev–Trinajstić information content (AvgIpc) is 3.17. The summed E-state index contributed by atoms with van der Waals surface area (Å²) in [4.78, 5) is 7.74. The third-order valence-electron chi connectivity index (χ3n) is 4.75. The van der Waals surface area contributed by atoms with E-state index in [4.69, 9.17) is 5.41 Å². The molecule has 29 heavy (non-hydrogen) atoms. The second-order valence-corrected chi connectivity index (χ2v) is 6.78. The van der Waals surface area contributed by atoms with E-state index < -0.39 is 0 Å². The van der Waals surface area contributed by atoms with Crippen LogP contribution in [-0.4, -0.2) is 15.7 Å². The summed E-state index contributed by atoms with van der Waals surface area (Å²) in [6.07, 6.45) is 3.29. The van der Waals surface area contributed by atoms with Gasteiger partial charge >= 0.3 is 0 Å². The van der Waals surface area contributed by atoms with Gasteiger partial charge in [0, 0.05) is 6.20 Å². The van der Waals surface area contributed by atoms with Gasteiger partial charge < -0.3 is 10.3 Å². The zero-order valence-electron chi connectivity index (χ0n) is 15.8. The first kappa shape index (κ1) is 18.6. The Bertz CT molecular complexity index is 1110. The SMILES string of the molecule is N=C(/C(=C\Nc1nc2ccccc2[nH]1)CCc1ccccc1)c1ccc(F)cc1. The molecule has 0 aliphatic rings. The fourth-order valence-corrected chi connectivity index (χ4v) is 3.17. The molecule has 4 rings (SSSR count). The number of allylic oxidation sites excluding steroid dienone is 1. The zero-order valence-corrected chi connectivity index (χ0v) is 15.8. The van der Waals surface area contributed by atoms with Gasteiger partial charge in [0.1, 0.15) is 5.82 Å². The van der Waals surface area contributed by atoms with Crippen molar-refractivity contribution in [2.75, 3.05) is 5.32 Å². The summed E-state index contributed by atoms with van der Waals surface area (Å²) >= 11 is 0. The van der Waals surface area contributed by atoms with Crippen molar-refractivity contribution in [2.45, 2.75) is 12.8 Å². The van der Waals surface area contributed by atoms with E-state index in [1.807, 2.05) is 48.7 Å². The Morgan fingerprint density at radius 1 is 0.966 bits per heavy atom. The van der Waals surface area contributed by atoms with E-state index in [2.05, 4.69) is 27.4 Å². The number of imidazole rings is 1. The zero-order chi connectivity index (χ0) is 20.1. The molecule has 4 aromatic rings. The van der Waals surface area contributed by atoms with E-state index in [0.717, 1.165) is 23.0 Å². The van der Waals surface area contributed by atoms with Crippen LogP contribution in [0.25, 0.3) is 11.0 Å². The van der Waals surface area contributed by atoms with E-state index in [-0.39, 0.29) is 5.82 Å². The third kappa shape index (κ3) is 4.58. The Balaban J connectivity index is 1.58. The Morgan fingerprint density at radius 3 is 2.45 bits per heavy atom. The van der Waals surface area contributed by atoms with Crippen molar-refractivity contribution in [3.63, 3.8) is 0 Å². The molecule has 0 atom stereocenters. The molecule has 0 saturated carbocycles. The molecule has 0 spiro atoms. The molecule has 4 nitrogen and oxygen atoms in total. The molecule has 0 bridgehead atoms. The van der Waals surface area contributed by atoms with Gasteiger partial charge in [-0.25, -0.2) is 9.37 Å². The highest BCUT2D eigenvalue weighted by Gasteiger charge is 2.10. The molecular weight excluding hydrogens is 363 g/mol. The first-order chi connectivity index (χ1) is 14.2. The van der Waals surface area contributed by atoms with Crippen LogP contribution in [0, 0.1) is 11.2 Å². The Labute approximate surface area is 168 Å². The van der Waals surface area contributed by atoms with Crippen LogP contribution >= 0.6 is 0 Å². The quantitative estimate of drug-likeness (QED) is 0.358.